The minimum Gasteiger partial charge on any atom is -0.368 e. The van der Waals surface area contributed by atoms with Crippen LogP contribution in [0.4, 0.5) is 0 Å². The average Bonchev–Trinajstić information content (AvgIpc) is 2.85. The molecule has 0 aliphatic heterocycles. The topological polar surface area (TPSA) is 49.8 Å². The maximum atomic E-state index is 12.1. The Morgan fingerprint density at radius 1 is 1.29 bits per heavy atom. The van der Waals surface area contributed by atoms with E-state index < -0.39 is 0 Å². The minimum absolute atomic E-state index is 0.0609. The summed E-state index contributed by atoms with van der Waals surface area (Å²) in [5.41, 5.74) is 0.657. The number of ether oxygens (including phenoxy) is 1. The van der Waals surface area contributed by atoms with Crippen LogP contribution < -0.4 is 0 Å². The summed E-state index contributed by atoms with van der Waals surface area (Å²) in [6, 6.07) is 9.11. The molecule has 4 heteroatoms. The standard InChI is InChI=1S/C17H23NO3/c1-17(2,3)21-15-10-9-14(12-15)18(20)16(19)11-13-7-5-4-6-8-13/h4-10,14-15,20H,11-12H2,1-3H3/t14-,15-/m1/s1. The molecule has 0 radical (unpaired) electrons. The van der Waals surface area contributed by atoms with Gasteiger partial charge in [-0.15, -0.1) is 0 Å². The van der Waals surface area contributed by atoms with Crippen molar-refractivity contribution in [2.24, 2.45) is 0 Å². The van der Waals surface area contributed by atoms with E-state index >= 15 is 0 Å². The molecular formula is C17H23NO3. The molecule has 0 saturated carbocycles. The van der Waals surface area contributed by atoms with Crippen molar-refractivity contribution in [1.82, 2.24) is 5.06 Å². The van der Waals surface area contributed by atoms with Crippen molar-refractivity contribution in [3.8, 4) is 0 Å². The molecule has 4 nitrogen and oxygen atoms in total. The summed E-state index contributed by atoms with van der Waals surface area (Å²) in [4.78, 5) is 12.1. The summed E-state index contributed by atoms with van der Waals surface area (Å²) in [7, 11) is 0. The van der Waals surface area contributed by atoms with E-state index in [1.54, 1.807) is 0 Å². The Bertz CT molecular complexity index is 505. The van der Waals surface area contributed by atoms with Gasteiger partial charge in [0.05, 0.1) is 24.2 Å². The molecule has 0 fully saturated rings. The predicted molar refractivity (Wildman–Crippen MR) is 80.9 cm³/mol. The lowest BCUT2D eigenvalue weighted by Crippen LogP contribution is -2.38. The van der Waals surface area contributed by atoms with Gasteiger partial charge in [0.15, 0.2) is 0 Å². The van der Waals surface area contributed by atoms with E-state index in [2.05, 4.69) is 0 Å². The lowest BCUT2D eigenvalue weighted by Gasteiger charge is -2.26. The number of amides is 1. The fourth-order valence-electron chi connectivity index (χ4n) is 2.41. The van der Waals surface area contributed by atoms with E-state index in [4.69, 9.17) is 4.74 Å². The van der Waals surface area contributed by atoms with Gasteiger partial charge in [0.25, 0.3) is 5.91 Å². The summed E-state index contributed by atoms with van der Waals surface area (Å²) in [6.45, 7) is 5.97. The van der Waals surface area contributed by atoms with Crippen molar-refractivity contribution in [3.05, 3.63) is 48.0 Å². The maximum absolute atomic E-state index is 12.1. The van der Waals surface area contributed by atoms with Crippen molar-refractivity contribution in [3.63, 3.8) is 0 Å². The Hall–Kier alpha value is -1.65. The van der Waals surface area contributed by atoms with Gasteiger partial charge in [-0.3, -0.25) is 10.0 Å². The molecule has 1 aliphatic carbocycles. The van der Waals surface area contributed by atoms with Crippen molar-refractivity contribution in [1.29, 1.82) is 0 Å². The molecule has 1 aliphatic rings. The summed E-state index contributed by atoms with van der Waals surface area (Å²) >= 11 is 0. The van der Waals surface area contributed by atoms with Crippen LogP contribution >= 0.6 is 0 Å². The highest BCUT2D eigenvalue weighted by molar-refractivity contribution is 5.78. The second kappa shape index (κ2) is 6.41. The molecule has 1 N–H and O–H groups in total. The number of nitrogens with zero attached hydrogens (tertiary/aromatic N) is 1. The zero-order valence-corrected chi connectivity index (χ0v) is 12.8. The first-order valence-electron chi connectivity index (χ1n) is 7.26. The Balaban J connectivity index is 1.88. The fraction of sp³-hybridized carbons (Fsp3) is 0.471. The van der Waals surface area contributed by atoms with Crippen LogP contribution in [0.25, 0.3) is 0 Å². The van der Waals surface area contributed by atoms with Crippen LogP contribution in [0.3, 0.4) is 0 Å². The zero-order valence-electron chi connectivity index (χ0n) is 12.8. The highest BCUT2D eigenvalue weighted by atomic mass is 16.5. The molecule has 21 heavy (non-hydrogen) atoms. The summed E-state index contributed by atoms with van der Waals surface area (Å²) in [5.74, 6) is -0.299. The number of hydrogen-bond acceptors (Lipinski definition) is 3. The molecule has 0 spiro atoms. The van der Waals surface area contributed by atoms with Crippen LogP contribution in [-0.4, -0.2) is 33.9 Å². The average molecular weight is 289 g/mol. The molecule has 2 rings (SSSR count). The van der Waals surface area contributed by atoms with Gasteiger partial charge < -0.3 is 4.74 Å². The first-order valence-corrected chi connectivity index (χ1v) is 7.26. The number of hydroxylamine groups is 2. The Morgan fingerprint density at radius 2 is 1.95 bits per heavy atom. The number of carbonyl (C=O) groups is 1. The Morgan fingerprint density at radius 3 is 2.57 bits per heavy atom. The van der Waals surface area contributed by atoms with Gasteiger partial charge in [0, 0.05) is 6.42 Å². The lowest BCUT2D eigenvalue weighted by molar-refractivity contribution is -0.172. The van der Waals surface area contributed by atoms with Gasteiger partial charge in [-0.1, -0.05) is 42.5 Å². The molecule has 1 aromatic carbocycles. The number of rotatable bonds is 4. The molecule has 0 unspecified atom stereocenters. The SMILES string of the molecule is CC(C)(C)O[C@@H]1C=C[C@@H](N(O)C(=O)Cc2ccccc2)C1. The quantitative estimate of drug-likeness (QED) is 0.527. The number of hydrogen-bond donors (Lipinski definition) is 1. The monoisotopic (exact) mass is 289 g/mol. The molecule has 1 aromatic rings. The minimum atomic E-state index is -0.312. The van der Waals surface area contributed by atoms with Gasteiger partial charge in [0.2, 0.25) is 0 Å². The van der Waals surface area contributed by atoms with Crippen LogP contribution in [0.2, 0.25) is 0 Å². The largest absolute Gasteiger partial charge is 0.368 e. The van der Waals surface area contributed by atoms with Crippen molar-refractivity contribution < 1.29 is 14.7 Å². The lowest BCUT2D eigenvalue weighted by atomic mass is 10.1. The molecule has 0 aromatic heterocycles. The molecule has 0 bridgehead atoms. The van der Waals surface area contributed by atoms with Gasteiger partial charge >= 0.3 is 0 Å². The molecule has 0 saturated heterocycles. The van der Waals surface area contributed by atoms with E-state index in [0.29, 0.717) is 6.42 Å². The van der Waals surface area contributed by atoms with Crippen molar-refractivity contribution in [2.75, 3.05) is 0 Å². The third kappa shape index (κ3) is 4.69. The van der Waals surface area contributed by atoms with E-state index in [1.807, 2.05) is 63.3 Å². The van der Waals surface area contributed by atoms with Gasteiger partial charge in [-0.25, -0.2) is 5.06 Å². The van der Waals surface area contributed by atoms with Crippen molar-refractivity contribution in [2.45, 2.75) is 51.4 Å². The Labute approximate surface area is 126 Å². The zero-order chi connectivity index (χ0) is 15.5. The highest BCUT2D eigenvalue weighted by Gasteiger charge is 2.29. The molecular weight excluding hydrogens is 266 g/mol. The fourth-order valence-corrected chi connectivity index (χ4v) is 2.41. The maximum Gasteiger partial charge on any atom is 0.250 e. The van der Waals surface area contributed by atoms with Gasteiger partial charge in [0.1, 0.15) is 0 Å². The van der Waals surface area contributed by atoms with E-state index in [0.717, 1.165) is 10.6 Å². The normalized spacial score (nSPS) is 21.5. The predicted octanol–water partition coefficient (Wildman–Crippen LogP) is 2.96. The summed E-state index contributed by atoms with van der Waals surface area (Å²) in [5, 5.41) is 10.9. The first kappa shape index (κ1) is 15.7. The van der Waals surface area contributed by atoms with Crippen LogP contribution in [0.5, 0.6) is 0 Å². The first-order chi connectivity index (χ1) is 9.85. The molecule has 2 atom stereocenters. The van der Waals surface area contributed by atoms with E-state index in [-0.39, 0.29) is 30.1 Å². The number of benzene rings is 1. The highest BCUT2D eigenvalue weighted by Crippen LogP contribution is 2.23. The van der Waals surface area contributed by atoms with E-state index in [1.165, 1.54) is 0 Å². The number of carbonyl (C=O) groups excluding carboxylic acids is 1. The summed E-state index contributed by atoms with van der Waals surface area (Å²) in [6.07, 6.45) is 4.48. The Kier molecular flexibility index (Phi) is 4.80. The van der Waals surface area contributed by atoms with Gasteiger partial charge in [-0.05, 0) is 26.3 Å². The third-order valence-corrected chi connectivity index (χ3v) is 3.29. The van der Waals surface area contributed by atoms with Crippen LogP contribution in [0.15, 0.2) is 42.5 Å². The molecule has 0 heterocycles. The summed E-state index contributed by atoms with van der Waals surface area (Å²) < 4.78 is 5.84. The second-order valence-corrected chi connectivity index (χ2v) is 6.36. The smallest absolute Gasteiger partial charge is 0.250 e. The van der Waals surface area contributed by atoms with E-state index in [9.17, 15) is 10.0 Å². The second-order valence-electron chi connectivity index (χ2n) is 6.36. The molecule has 1 amide bonds. The third-order valence-electron chi connectivity index (χ3n) is 3.29. The van der Waals surface area contributed by atoms with Gasteiger partial charge in [-0.2, -0.15) is 0 Å². The van der Waals surface area contributed by atoms with Crippen LogP contribution in [0, 0.1) is 0 Å². The van der Waals surface area contributed by atoms with Crippen LogP contribution in [-0.2, 0) is 16.0 Å². The molecule has 114 valence electrons. The van der Waals surface area contributed by atoms with Crippen molar-refractivity contribution >= 4 is 5.91 Å². The van der Waals surface area contributed by atoms with Crippen LogP contribution in [0.1, 0.15) is 32.8 Å².